The Bertz CT molecular complexity index is 504. The fourth-order valence-corrected chi connectivity index (χ4v) is 1.68. The van der Waals surface area contributed by atoms with Crippen LogP contribution in [0.3, 0.4) is 0 Å². The summed E-state index contributed by atoms with van der Waals surface area (Å²) < 4.78 is 13.6. The molecule has 4 nitrogen and oxygen atoms in total. The van der Waals surface area contributed by atoms with Crippen LogP contribution >= 0.6 is 15.9 Å². The topological polar surface area (TPSA) is 58.0 Å². The number of aliphatic hydroxyl groups is 1. The van der Waals surface area contributed by atoms with Crippen LogP contribution in [0.1, 0.15) is 11.6 Å². The average Bonchev–Trinajstić information content (AvgIpc) is 2.39. The van der Waals surface area contributed by atoms with E-state index in [1.807, 2.05) is 0 Å². The van der Waals surface area contributed by atoms with Gasteiger partial charge in [-0.25, -0.2) is 14.4 Å². The molecule has 2 N–H and O–H groups in total. The maximum absolute atomic E-state index is 12.8. The van der Waals surface area contributed by atoms with Gasteiger partial charge in [0, 0.05) is 12.4 Å². The minimum Gasteiger partial charge on any atom is -0.394 e. The van der Waals surface area contributed by atoms with Gasteiger partial charge in [0.25, 0.3) is 0 Å². The highest BCUT2D eigenvalue weighted by Crippen LogP contribution is 2.17. The zero-order valence-electron chi connectivity index (χ0n) is 9.35. The molecule has 0 saturated heterocycles. The first kappa shape index (κ1) is 12.9. The average molecular weight is 312 g/mol. The molecule has 0 spiro atoms. The number of aliphatic hydroxyl groups excluding tert-OH is 1. The summed E-state index contributed by atoms with van der Waals surface area (Å²) in [5, 5.41) is 12.3. The lowest BCUT2D eigenvalue weighted by atomic mass is 10.1. The second kappa shape index (κ2) is 5.88. The monoisotopic (exact) mass is 311 g/mol. The zero-order valence-corrected chi connectivity index (χ0v) is 10.9. The minimum absolute atomic E-state index is 0.134. The summed E-state index contributed by atoms with van der Waals surface area (Å²) in [6, 6.07) is 5.56. The lowest BCUT2D eigenvalue weighted by Crippen LogP contribution is -2.16. The molecule has 0 fully saturated rings. The summed E-state index contributed by atoms with van der Waals surface area (Å²) >= 11 is 3.24. The Kier molecular flexibility index (Phi) is 4.22. The van der Waals surface area contributed by atoms with E-state index in [4.69, 9.17) is 0 Å². The Hall–Kier alpha value is -1.53. The van der Waals surface area contributed by atoms with Crippen LogP contribution in [-0.2, 0) is 0 Å². The molecule has 2 aromatic rings. The maximum Gasteiger partial charge on any atom is 0.223 e. The van der Waals surface area contributed by atoms with Gasteiger partial charge >= 0.3 is 0 Å². The molecule has 2 rings (SSSR count). The first-order valence-corrected chi connectivity index (χ1v) is 6.09. The molecule has 0 saturated carbocycles. The molecule has 0 aliphatic carbocycles. The molecule has 1 unspecified atom stereocenters. The van der Waals surface area contributed by atoms with Crippen molar-refractivity contribution in [3.63, 3.8) is 0 Å². The summed E-state index contributed by atoms with van der Waals surface area (Å²) in [5.41, 5.74) is 0.769. The van der Waals surface area contributed by atoms with E-state index in [0.29, 0.717) is 5.95 Å². The maximum atomic E-state index is 12.8. The van der Waals surface area contributed by atoms with E-state index in [9.17, 15) is 9.50 Å². The van der Waals surface area contributed by atoms with Crippen molar-refractivity contribution in [1.82, 2.24) is 9.97 Å². The number of hydrogen-bond donors (Lipinski definition) is 2. The fraction of sp³-hybridized carbons (Fsp3) is 0.167. The van der Waals surface area contributed by atoms with Crippen LogP contribution in [0.25, 0.3) is 0 Å². The van der Waals surface area contributed by atoms with E-state index in [0.717, 1.165) is 10.0 Å². The number of hydrogen-bond acceptors (Lipinski definition) is 4. The molecule has 0 aliphatic rings. The Labute approximate surface area is 112 Å². The van der Waals surface area contributed by atoms with Crippen molar-refractivity contribution in [1.29, 1.82) is 0 Å². The van der Waals surface area contributed by atoms with Crippen LogP contribution in [0.15, 0.2) is 41.1 Å². The van der Waals surface area contributed by atoms with Gasteiger partial charge in [-0.15, -0.1) is 0 Å². The SMILES string of the molecule is OCC(Nc1ncc(Br)cn1)c1ccc(F)cc1. The van der Waals surface area contributed by atoms with Crippen molar-refractivity contribution in [2.24, 2.45) is 0 Å². The first-order chi connectivity index (χ1) is 8.69. The lowest BCUT2D eigenvalue weighted by molar-refractivity contribution is 0.276. The number of benzene rings is 1. The highest BCUT2D eigenvalue weighted by Gasteiger charge is 2.11. The van der Waals surface area contributed by atoms with Crippen LogP contribution in [0.5, 0.6) is 0 Å². The third kappa shape index (κ3) is 3.24. The van der Waals surface area contributed by atoms with Crippen molar-refractivity contribution in [2.45, 2.75) is 6.04 Å². The molecule has 6 heteroatoms. The van der Waals surface area contributed by atoms with Crippen molar-refractivity contribution in [3.05, 3.63) is 52.5 Å². The largest absolute Gasteiger partial charge is 0.394 e. The molecule has 0 aliphatic heterocycles. The zero-order chi connectivity index (χ0) is 13.0. The van der Waals surface area contributed by atoms with Gasteiger partial charge in [0.05, 0.1) is 17.1 Å². The predicted octanol–water partition coefficient (Wildman–Crippen LogP) is 2.52. The molecule has 0 bridgehead atoms. The van der Waals surface area contributed by atoms with Gasteiger partial charge in [-0.2, -0.15) is 0 Å². The van der Waals surface area contributed by atoms with Gasteiger partial charge in [-0.05, 0) is 33.6 Å². The molecule has 0 radical (unpaired) electrons. The molecule has 1 aromatic carbocycles. The van der Waals surface area contributed by atoms with Crippen LogP contribution in [-0.4, -0.2) is 21.7 Å². The Morgan fingerprint density at radius 2 is 1.83 bits per heavy atom. The number of rotatable bonds is 4. The number of anilines is 1. The third-order valence-corrected chi connectivity index (χ3v) is 2.79. The molecular weight excluding hydrogens is 301 g/mol. The van der Waals surface area contributed by atoms with Gasteiger partial charge in [-0.1, -0.05) is 12.1 Å². The van der Waals surface area contributed by atoms with E-state index < -0.39 is 0 Å². The standard InChI is InChI=1S/C12H11BrFN3O/c13-9-5-15-12(16-6-9)17-11(7-18)8-1-3-10(14)4-2-8/h1-6,11,18H,7H2,(H,15,16,17). The minimum atomic E-state index is -0.369. The van der Waals surface area contributed by atoms with E-state index >= 15 is 0 Å². The number of nitrogens with zero attached hydrogens (tertiary/aromatic N) is 2. The number of halogens is 2. The highest BCUT2D eigenvalue weighted by atomic mass is 79.9. The van der Waals surface area contributed by atoms with Crippen molar-refractivity contribution in [3.8, 4) is 0 Å². The van der Waals surface area contributed by atoms with E-state index in [1.165, 1.54) is 12.1 Å². The van der Waals surface area contributed by atoms with Crippen molar-refractivity contribution >= 4 is 21.9 Å². The molecule has 0 amide bonds. The lowest BCUT2D eigenvalue weighted by Gasteiger charge is -2.16. The summed E-state index contributed by atoms with van der Waals surface area (Å²) in [5.74, 6) is 0.0944. The summed E-state index contributed by atoms with van der Waals surface area (Å²) in [4.78, 5) is 8.11. The van der Waals surface area contributed by atoms with Crippen LogP contribution in [0.2, 0.25) is 0 Å². The summed E-state index contributed by atoms with van der Waals surface area (Å²) in [7, 11) is 0. The van der Waals surface area contributed by atoms with Gasteiger partial charge in [0.2, 0.25) is 5.95 Å². The van der Waals surface area contributed by atoms with E-state index in [2.05, 4.69) is 31.2 Å². The molecule has 94 valence electrons. The third-order valence-electron chi connectivity index (χ3n) is 2.38. The Morgan fingerprint density at radius 1 is 1.22 bits per heavy atom. The predicted molar refractivity (Wildman–Crippen MR) is 69.6 cm³/mol. The van der Waals surface area contributed by atoms with Crippen molar-refractivity contribution < 1.29 is 9.50 Å². The van der Waals surface area contributed by atoms with E-state index in [-0.39, 0.29) is 18.5 Å². The van der Waals surface area contributed by atoms with Gasteiger partial charge < -0.3 is 10.4 Å². The van der Waals surface area contributed by atoms with E-state index in [1.54, 1.807) is 24.5 Å². The molecule has 1 aromatic heterocycles. The fourth-order valence-electron chi connectivity index (χ4n) is 1.47. The van der Waals surface area contributed by atoms with Crippen LogP contribution in [0.4, 0.5) is 10.3 Å². The highest BCUT2D eigenvalue weighted by molar-refractivity contribution is 9.10. The molecule has 1 heterocycles. The Morgan fingerprint density at radius 3 is 2.39 bits per heavy atom. The number of nitrogens with one attached hydrogen (secondary N) is 1. The van der Waals surface area contributed by atoms with Crippen LogP contribution < -0.4 is 5.32 Å². The quantitative estimate of drug-likeness (QED) is 0.911. The molecule has 1 atom stereocenters. The Balaban J connectivity index is 2.14. The van der Waals surface area contributed by atoms with Gasteiger partial charge in [0.15, 0.2) is 0 Å². The van der Waals surface area contributed by atoms with Gasteiger partial charge in [0.1, 0.15) is 5.82 Å². The summed E-state index contributed by atoms with van der Waals surface area (Å²) in [6.07, 6.45) is 3.21. The summed E-state index contributed by atoms with van der Waals surface area (Å²) in [6.45, 7) is -0.134. The van der Waals surface area contributed by atoms with Crippen molar-refractivity contribution in [2.75, 3.05) is 11.9 Å². The first-order valence-electron chi connectivity index (χ1n) is 5.29. The second-order valence-corrected chi connectivity index (χ2v) is 4.57. The second-order valence-electron chi connectivity index (χ2n) is 3.66. The normalized spacial score (nSPS) is 12.2. The van der Waals surface area contributed by atoms with Gasteiger partial charge in [-0.3, -0.25) is 0 Å². The molecular formula is C12H11BrFN3O. The smallest absolute Gasteiger partial charge is 0.223 e. The van der Waals surface area contributed by atoms with Crippen LogP contribution in [0, 0.1) is 5.82 Å². The molecule has 18 heavy (non-hydrogen) atoms. The number of aromatic nitrogens is 2.